The minimum Gasteiger partial charge on any atom is -0.140 e. The van der Waals surface area contributed by atoms with Crippen molar-refractivity contribution in [3.05, 3.63) is 91.0 Å². The van der Waals surface area contributed by atoms with E-state index in [-0.39, 0.29) is 7.85 Å². The first-order chi connectivity index (χ1) is 11.8. The molecule has 0 N–H and O–H groups in total. The van der Waals surface area contributed by atoms with E-state index in [2.05, 4.69) is 88.2 Å². The molecule has 0 spiro atoms. The van der Waals surface area contributed by atoms with E-state index in [4.69, 9.17) is 5.21 Å². The molecule has 1 aromatic heterocycles. The molecule has 0 bridgehead atoms. The van der Waals surface area contributed by atoms with Gasteiger partial charge in [0.15, 0.2) is 17.1 Å². The Kier molecular flexibility index (Phi) is 3.71. The molecule has 3 nitrogen and oxygen atoms in total. The lowest BCUT2D eigenvalue weighted by atomic mass is 9.96. The second-order valence-corrected chi connectivity index (χ2v) is 5.21. The summed E-state index contributed by atoms with van der Waals surface area (Å²) in [5.41, 5.74) is 6.00. The van der Waals surface area contributed by atoms with Gasteiger partial charge in [-0.15, -0.1) is 4.68 Å². The minimum atomic E-state index is -0.0733. The zero-order valence-corrected chi connectivity index (χ0v) is 12.5. The Morgan fingerprint density at radius 2 is 1.25 bits per heavy atom. The average molecular weight is 311 g/mol. The summed E-state index contributed by atoms with van der Waals surface area (Å²) in [6, 6.07) is 31.3. The van der Waals surface area contributed by atoms with Gasteiger partial charge in [0.05, 0.1) is 5.21 Å². The predicted octanol–water partition coefficient (Wildman–Crippen LogP) is 1.81. The van der Waals surface area contributed by atoms with E-state index in [9.17, 15) is 0 Å². The summed E-state index contributed by atoms with van der Waals surface area (Å²) in [5, 5.41) is 4.92. The molecule has 0 aliphatic rings. The molecule has 0 unspecified atom stereocenters. The van der Waals surface area contributed by atoms with Crippen LogP contribution in [0.4, 0.5) is 0 Å². The van der Waals surface area contributed by atoms with E-state index in [0.29, 0.717) is 0 Å². The lowest BCUT2D eigenvalue weighted by Gasteiger charge is -2.02. The van der Waals surface area contributed by atoms with Crippen LogP contribution in [0.3, 0.4) is 0 Å². The normalized spacial score (nSPS) is 10.7. The summed E-state index contributed by atoms with van der Waals surface area (Å²) in [4.78, 5) is 0. The van der Waals surface area contributed by atoms with E-state index in [0.717, 1.165) is 11.4 Å². The topological polar surface area (TPSA) is 21.7 Å². The van der Waals surface area contributed by atoms with Crippen LogP contribution in [-0.2, 0) is 0 Å². The second-order valence-electron chi connectivity index (χ2n) is 5.21. The molecule has 0 radical (unpaired) electrons. The third kappa shape index (κ3) is 2.52. The Labute approximate surface area is 142 Å². The van der Waals surface area contributed by atoms with Gasteiger partial charge in [0.2, 0.25) is 0 Å². The molecule has 24 heavy (non-hydrogen) atoms. The van der Waals surface area contributed by atoms with Crippen LogP contribution in [0.25, 0.3) is 22.6 Å². The molecule has 4 aromatic rings. The Morgan fingerprint density at radius 3 is 1.88 bits per heavy atom. The van der Waals surface area contributed by atoms with E-state index in [1.807, 2.05) is 12.1 Å². The molecule has 3 aromatic carbocycles. The highest BCUT2D eigenvalue weighted by Gasteiger charge is 2.22. The maximum absolute atomic E-state index is 4.92. The Bertz CT molecular complexity index is 948. The van der Waals surface area contributed by atoms with Crippen molar-refractivity contribution in [3.63, 3.8) is 0 Å². The SMILES string of the molecule is [BH3-]c1c(-c2ccccc2)[n+](-c2ccccc2)nn1-c1ccccc1. The maximum Gasteiger partial charge on any atom is 0.165 e. The Balaban J connectivity index is 1.99. The van der Waals surface area contributed by atoms with Gasteiger partial charge in [-0.25, -0.2) is 0 Å². The van der Waals surface area contributed by atoms with Gasteiger partial charge in [-0.05, 0) is 24.3 Å². The van der Waals surface area contributed by atoms with Crippen LogP contribution in [0.1, 0.15) is 0 Å². The second kappa shape index (κ2) is 6.16. The average Bonchev–Trinajstić information content (AvgIpc) is 3.01. The van der Waals surface area contributed by atoms with Crippen LogP contribution < -0.4 is 10.3 Å². The first kappa shape index (κ1) is 14.5. The van der Waals surface area contributed by atoms with Gasteiger partial charge in [-0.2, -0.15) is 0 Å². The van der Waals surface area contributed by atoms with E-state index in [1.165, 1.54) is 16.9 Å². The third-order valence-electron chi connectivity index (χ3n) is 3.65. The van der Waals surface area contributed by atoms with Gasteiger partial charge >= 0.3 is 0 Å². The number of hydrogen-bond acceptors (Lipinski definition) is 1. The van der Waals surface area contributed by atoms with Crippen molar-refractivity contribution in [2.45, 2.75) is 0 Å². The molecule has 0 saturated carbocycles. The zero-order chi connectivity index (χ0) is 16.4. The molecule has 4 heteroatoms. The monoisotopic (exact) mass is 311 g/mol. The van der Waals surface area contributed by atoms with Gasteiger partial charge in [0, 0.05) is 19.0 Å². The number of nitrogens with zero attached hydrogens (tertiary/aromatic N) is 3. The van der Waals surface area contributed by atoms with Gasteiger partial charge in [0.25, 0.3) is 0 Å². The molecule has 0 amide bonds. The summed E-state index contributed by atoms with van der Waals surface area (Å²) in [6.07, 6.45) is 0. The zero-order valence-electron chi connectivity index (χ0n) is 12.5. The van der Waals surface area contributed by atoms with Gasteiger partial charge in [-0.1, -0.05) is 71.4 Å². The highest BCUT2D eigenvalue weighted by molar-refractivity contribution is 6.34. The van der Waals surface area contributed by atoms with Crippen LogP contribution in [0, 0.1) is 0 Å². The smallest absolute Gasteiger partial charge is 0.140 e. The first-order valence-electron chi connectivity index (χ1n) is 7.53. The first-order valence-corrected chi connectivity index (χ1v) is 7.53. The molecule has 0 aliphatic carbocycles. The van der Waals surface area contributed by atoms with Crippen molar-refractivity contribution in [2.75, 3.05) is 0 Å². The van der Waals surface area contributed by atoms with Gasteiger partial charge in [0.1, 0.15) is 0 Å². The highest BCUT2D eigenvalue weighted by atomic mass is 15.5. The molecule has 116 valence electrons. The van der Waals surface area contributed by atoms with Crippen molar-refractivity contribution in [3.8, 4) is 22.6 Å². The minimum absolute atomic E-state index is 0.0733. The highest BCUT2D eigenvalue weighted by Crippen LogP contribution is 2.15. The number of benzene rings is 3. The summed E-state index contributed by atoms with van der Waals surface area (Å²) >= 11 is 0. The summed E-state index contributed by atoms with van der Waals surface area (Å²) < 4.78 is 4.18. The van der Waals surface area contributed by atoms with Crippen LogP contribution in [0.5, 0.6) is 0 Å². The molecule has 0 fully saturated rings. The number of para-hydroxylation sites is 2. The van der Waals surface area contributed by atoms with Crippen molar-refractivity contribution in [1.82, 2.24) is 9.90 Å². The predicted molar refractivity (Wildman–Crippen MR) is 100 cm³/mol. The number of aromatic nitrogens is 3. The third-order valence-corrected chi connectivity index (χ3v) is 3.65. The maximum atomic E-state index is 4.92. The van der Waals surface area contributed by atoms with E-state index in [1.54, 1.807) is 0 Å². The Hall–Kier alpha value is -3.14. The van der Waals surface area contributed by atoms with Crippen molar-refractivity contribution in [2.24, 2.45) is 0 Å². The molecule has 0 aliphatic heterocycles. The molecule has 4 rings (SSSR count). The van der Waals surface area contributed by atoms with Crippen LogP contribution in [0.15, 0.2) is 91.0 Å². The fourth-order valence-corrected chi connectivity index (χ4v) is 2.52. The Morgan fingerprint density at radius 1 is 0.708 bits per heavy atom. The lowest BCUT2D eigenvalue weighted by molar-refractivity contribution is -0.650. The summed E-state index contributed by atoms with van der Waals surface area (Å²) in [6.45, 7) is 0. The molecule has 1 heterocycles. The molecule has 0 atom stereocenters. The number of rotatable bonds is 3. The van der Waals surface area contributed by atoms with Gasteiger partial charge in [-0.3, -0.25) is 0 Å². The van der Waals surface area contributed by atoms with Gasteiger partial charge < -0.3 is 0 Å². The quantitative estimate of drug-likeness (QED) is 0.418. The van der Waals surface area contributed by atoms with Crippen molar-refractivity contribution >= 4 is 13.4 Å². The van der Waals surface area contributed by atoms with Crippen molar-refractivity contribution < 1.29 is 4.68 Å². The molecular weight excluding hydrogens is 293 g/mol. The van der Waals surface area contributed by atoms with Crippen LogP contribution >= 0.6 is 0 Å². The molecule has 0 saturated heterocycles. The largest absolute Gasteiger partial charge is 0.165 e. The standard InChI is InChI=1S/C20H18BN3/c21-20-19(16-10-4-1-5-11-16)23(17-12-6-2-7-13-17)22-24(20)18-14-8-3-9-15-18/h1-15H,21H3. The van der Waals surface area contributed by atoms with Crippen LogP contribution in [-0.4, -0.2) is 17.7 Å². The van der Waals surface area contributed by atoms with E-state index < -0.39 is 0 Å². The summed E-state index contributed by atoms with van der Waals surface area (Å²) in [5.74, 6) is 0. The molecular formula is C20H18BN3. The van der Waals surface area contributed by atoms with Crippen LogP contribution in [0.2, 0.25) is 0 Å². The fraction of sp³-hybridized carbons (Fsp3) is 0. The lowest BCUT2D eigenvalue weighted by Crippen LogP contribution is -2.36. The van der Waals surface area contributed by atoms with Crippen molar-refractivity contribution in [1.29, 1.82) is 0 Å². The number of hydrogen-bond donors (Lipinski definition) is 0. The summed E-state index contributed by atoms with van der Waals surface area (Å²) in [7, 11) is -0.0733. The fourth-order valence-electron chi connectivity index (χ4n) is 2.52. The van der Waals surface area contributed by atoms with E-state index >= 15 is 0 Å².